The zero-order chi connectivity index (χ0) is 11.0. The van der Waals surface area contributed by atoms with Crippen LogP contribution in [0.15, 0.2) is 10.5 Å². The third-order valence-corrected chi connectivity index (χ3v) is 2.72. The SMILES string of the molecule is Cc1cc(C(=O)N2CC[C@@H](O)C2)c(C)o1. The van der Waals surface area contributed by atoms with Gasteiger partial charge < -0.3 is 14.4 Å². The van der Waals surface area contributed by atoms with E-state index in [0.29, 0.717) is 30.8 Å². The van der Waals surface area contributed by atoms with Crippen LogP contribution in [0.3, 0.4) is 0 Å². The third-order valence-electron chi connectivity index (χ3n) is 2.72. The van der Waals surface area contributed by atoms with Crippen LogP contribution in [0.5, 0.6) is 0 Å². The third kappa shape index (κ3) is 1.90. The van der Waals surface area contributed by atoms with E-state index in [9.17, 15) is 9.90 Å². The molecule has 1 aliphatic rings. The van der Waals surface area contributed by atoms with Crippen molar-refractivity contribution in [3.63, 3.8) is 0 Å². The average molecular weight is 209 g/mol. The molecule has 1 N–H and O–H groups in total. The second-order valence-corrected chi connectivity index (χ2v) is 4.02. The molecule has 1 amide bonds. The highest BCUT2D eigenvalue weighted by Gasteiger charge is 2.27. The standard InChI is InChI=1S/C11H15NO3/c1-7-5-10(8(2)15-7)11(14)12-4-3-9(13)6-12/h5,9,13H,3-4,6H2,1-2H3/t9-/m1/s1. The molecular weight excluding hydrogens is 194 g/mol. The highest BCUT2D eigenvalue weighted by molar-refractivity contribution is 5.95. The fourth-order valence-electron chi connectivity index (χ4n) is 1.94. The minimum absolute atomic E-state index is 0.0408. The molecule has 0 spiro atoms. The molecule has 15 heavy (non-hydrogen) atoms. The Labute approximate surface area is 88.5 Å². The Kier molecular flexibility index (Phi) is 2.52. The highest BCUT2D eigenvalue weighted by Crippen LogP contribution is 2.19. The summed E-state index contributed by atoms with van der Waals surface area (Å²) in [5.74, 6) is 1.36. The number of aryl methyl sites for hydroxylation is 2. The molecular formula is C11H15NO3. The van der Waals surface area contributed by atoms with E-state index in [1.165, 1.54) is 0 Å². The first-order valence-corrected chi connectivity index (χ1v) is 5.12. The number of carbonyl (C=O) groups is 1. The molecule has 1 fully saturated rings. The molecule has 1 aromatic rings. The van der Waals surface area contributed by atoms with Crippen LogP contribution in [-0.4, -0.2) is 35.1 Å². The van der Waals surface area contributed by atoms with Gasteiger partial charge in [-0.3, -0.25) is 4.79 Å². The monoisotopic (exact) mass is 209 g/mol. The van der Waals surface area contributed by atoms with E-state index >= 15 is 0 Å². The second-order valence-electron chi connectivity index (χ2n) is 4.02. The summed E-state index contributed by atoms with van der Waals surface area (Å²) >= 11 is 0. The Balaban J connectivity index is 2.17. The molecule has 0 aromatic carbocycles. The summed E-state index contributed by atoms with van der Waals surface area (Å²) in [7, 11) is 0. The Morgan fingerprint density at radius 3 is 2.80 bits per heavy atom. The first kappa shape index (κ1) is 10.2. The van der Waals surface area contributed by atoms with Crippen LogP contribution in [0.25, 0.3) is 0 Å². The molecule has 1 saturated heterocycles. The Morgan fingerprint density at radius 1 is 1.60 bits per heavy atom. The lowest BCUT2D eigenvalue weighted by molar-refractivity contribution is 0.0763. The molecule has 0 unspecified atom stereocenters. The van der Waals surface area contributed by atoms with Crippen LogP contribution in [-0.2, 0) is 0 Å². The first-order valence-electron chi connectivity index (χ1n) is 5.12. The Morgan fingerprint density at radius 2 is 2.33 bits per heavy atom. The number of aliphatic hydroxyl groups is 1. The minimum atomic E-state index is -0.373. The largest absolute Gasteiger partial charge is 0.466 e. The van der Waals surface area contributed by atoms with Crippen molar-refractivity contribution < 1.29 is 14.3 Å². The smallest absolute Gasteiger partial charge is 0.257 e. The number of aliphatic hydroxyl groups excluding tert-OH is 1. The van der Waals surface area contributed by atoms with Gasteiger partial charge in [0.05, 0.1) is 11.7 Å². The average Bonchev–Trinajstić information content (AvgIpc) is 2.71. The molecule has 4 heteroatoms. The van der Waals surface area contributed by atoms with Crippen LogP contribution in [0.4, 0.5) is 0 Å². The first-order chi connectivity index (χ1) is 7.08. The van der Waals surface area contributed by atoms with Crippen LogP contribution in [0.1, 0.15) is 28.3 Å². The van der Waals surface area contributed by atoms with Crippen LogP contribution in [0, 0.1) is 13.8 Å². The fraction of sp³-hybridized carbons (Fsp3) is 0.545. The van der Waals surface area contributed by atoms with E-state index in [1.54, 1.807) is 17.9 Å². The lowest BCUT2D eigenvalue weighted by Gasteiger charge is -2.14. The number of hydrogen-bond donors (Lipinski definition) is 1. The van der Waals surface area contributed by atoms with Gasteiger partial charge in [0.2, 0.25) is 0 Å². The number of nitrogens with zero attached hydrogens (tertiary/aromatic N) is 1. The number of hydrogen-bond acceptors (Lipinski definition) is 3. The van der Waals surface area contributed by atoms with E-state index < -0.39 is 0 Å². The van der Waals surface area contributed by atoms with Crippen molar-refractivity contribution in [1.82, 2.24) is 4.90 Å². The van der Waals surface area contributed by atoms with Gasteiger partial charge in [-0.25, -0.2) is 0 Å². The predicted molar refractivity (Wildman–Crippen MR) is 54.7 cm³/mol. The van der Waals surface area contributed by atoms with Gasteiger partial charge in [0.1, 0.15) is 11.5 Å². The van der Waals surface area contributed by atoms with Gasteiger partial charge in [-0.2, -0.15) is 0 Å². The summed E-state index contributed by atoms with van der Waals surface area (Å²) in [5, 5.41) is 9.35. The topological polar surface area (TPSA) is 53.7 Å². The maximum atomic E-state index is 12.0. The Hall–Kier alpha value is -1.29. The highest BCUT2D eigenvalue weighted by atomic mass is 16.3. The molecule has 1 aromatic heterocycles. The van der Waals surface area contributed by atoms with Crippen molar-refractivity contribution in [2.75, 3.05) is 13.1 Å². The molecule has 2 rings (SSSR count). The van der Waals surface area contributed by atoms with Crippen molar-refractivity contribution in [1.29, 1.82) is 0 Å². The minimum Gasteiger partial charge on any atom is -0.466 e. The van der Waals surface area contributed by atoms with Crippen LogP contribution >= 0.6 is 0 Å². The van der Waals surface area contributed by atoms with Crippen LogP contribution in [0.2, 0.25) is 0 Å². The summed E-state index contributed by atoms with van der Waals surface area (Å²) in [6.45, 7) is 4.67. The second kappa shape index (κ2) is 3.70. The molecule has 82 valence electrons. The molecule has 0 bridgehead atoms. The summed E-state index contributed by atoms with van der Waals surface area (Å²) in [4.78, 5) is 13.7. The maximum Gasteiger partial charge on any atom is 0.257 e. The summed E-state index contributed by atoms with van der Waals surface area (Å²) in [5.41, 5.74) is 0.613. The summed E-state index contributed by atoms with van der Waals surface area (Å²) < 4.78 is 5.31. The molecule has 0 aliphatic carbocycles. The zero-order valence-electron chi connectivity index (χ0n) is 8.99. The predicted octanol–water partition coefficient (Wildman–Crippen LogP) is 1.10. The molecule has 0 radical (unpaired) electrons. The lowest BCUT2D eigenvalue weighted by Crippen LogP contribution is -2.29. The number of likely N-dealkylation sites (tertiary alicyclic amines) is 1. The maximum absolute atomic E-state index is 12.0. The molecule has 1 atom stereocenters. The Bertz CT molecular complexity index is 383. The van der Waals surface area contributed by atoms with E-state index in [1.807, 2.05) is 6.92 Å². The van der Waals surface area contributed by atoms with E-state index in [2.05, 4.69) is 0 Å². The number of rotatable bonds is 1. The van der Waals surface area contributed by atoms with Gasteiger partial charge in [-0.15, -0.1) is 0 Å². The van der Waals surface area contributed by atoms with Gasteiger partial charge in [-0.05, 0) is 26.3 Å². The normalized spacial score (nSPS) is 21.0. The molecule has 1 aliphatic heterocycles. The number of β-amino-alcohol motifs (C(OH)–C–C–N with tert-alkyl or cyclic N) is 1. The van der Waals surface area contributed by atoms with Gasteiger partial charge >= 0.3 is 0 Å². The van der Waals surface area contributed by atoms with Crippen molar-refractivity contribution >= 4 is 5.91 Å². The van der Waals surface area contributed by atoms with Gasteiger partial charge in [-0.1, -0.05) is 0 Å². The van der Waals surface area contributed by atoms with Crippen molar-refractivity contribution in [2.45, 2.75) is 26.4 Å². The van der Waals surface area contributed by atoms with E-state index in [-0.39, 0.29) is 12.0 Å². The van der Waals surface area contributed by atoms with Crippen molar-refractivity contribution in [3.8, 4) is 0 Å². The fourth-order valence-corrected chi connectivity index (χ4v) is 1.94. The van der Waals surface area contributed by atoms with Crippen LogP contribution < -0.4 is 0 Å². The van der Waals surface area contributed by atoms with Gasteiger partial charge in [0.15, 0.2) is 0 Å². The van der Waals surface area contributed by atoms with Gasteiger partial charge in [0.25, 0.3) is 5.91 Å². The van der Waals surface area contributed by atoms with E-state index in [0.717, 1.165) is 5.76 Å². The number of furan rings is 1. The van der Waals surface area contributed by atoms with E-state index in [4.69, 9.17) is 4.42 Å². The quantitative estimate of drug-likeness (QED) is 0.753. The number of carbonyl (C=O) groups excluding carboxylic acids is 1. The van der Waals surface area contributed by atoms with Gasteiger partial charge in [0, 0.05) is 13.1 Å². The zero-order valence-corrected chi connectivity index (χ0v) is 8.99. The molecule has 4 nitrogen and oxygen atoms in total. The molecule has 0 saturated carbocycles. The summed E-state index contributed by atoms with van der Waals surface area (Å²) in [6, 6.07) is 1.75. The van der Waals surface area contributed by atoms with Crippen molar-refractivity contribution in [2.24, 2.45) is 0 Å². The van der Waals surface area contributed by atoms with Crippen molar-refractivity contribution in [3.05, 3.63) is 23.2 Å². The molecule has 2 heterocycles. The lowest BCUT2D eigenvalue weighted by atomic mass is 10.2. The summed E-state index contributed by atoms with van der Waals surface area (Å²) in [6.07, 6.45) is 0.295. The number of amides is 1.